The van der Waals surface area contributed by atoms with Crippen molar-refractivity contribution in [1.29, 1.82) is 0 Å². The molecule has 0 unspecified atom stereocenters. The fraction of sp³-hybridized carbons (Fsp3) is 0.375. The van der Waals surface area contributed by atoms with Gasteiger partial charge < -0.3 is 10.2 Å². The van der Waals surface area contributed by atoms with Crippen molar-refractivity contribution in [2.75, 3.05) is 18.8 Å². The summed E-state index contributed by atoms with van der Waals surface area (Å²) in [5.41, 5.74) is 10.1. The highest BCUT2D eigenvalue weighted by Gasteiger charge is 2.25. The maximum Gasteiger partial charge on any atom is 0.325 e. The first-order chi connectivity index (χ1) is 10.8. The summed E-state index contributed by atoms with van der Waals surface area (Å²) < 4.78 is 7.42. The molecule has 0 amide bonds. The van der Waals surface area contributed by atoms with Crippen LogP contribution in [0.3, 0.4) is 0 Å². The number of hydrogen-bond donors (Lipinski definition) is 1. The van der Waals surface area contributed by atoms with Crippen LogP contribution in [0.15, 0.2) is 28.7 Å². The molecule has 2 aromatic heterocycles. The zero-order chi connectivity index (χ0) is 15.1. The van der Waals surface area contributed by atoms with Crippen molar-refractivity contribution in [2.24, 2.45) is 0 Å². The Morgan fingerprint density at radius 3 is 2.91 bits per heavy atom. The molecule has 1 aliphatic rings. The molecule has 3 heterocycles. The van der Waals surface area contributed by atoms with Gasteiger partial charge in [0.05, 0.1) is 5.69 Å². The molecule has 1 aliphatic heterocycles. The molecular weight excluding hydrogens is 314 g/mol. The van der Waals surface area contributed by atoms with Crippen molar-refractivity contribution in [1.82, 2.24) is 19.7 Å². The summed E-state index contributed by atoms with van der Waals surface area (Å²) in [7, 11) is 0. The van der Waals surface area contributed by atoms with E-state index in [2.05, 4.69) is 21.9 Å². The van der Waals surface area contributed by atoms with Crippen LogP contribution < -0.4 is 5.73 Å². The third kappa shape index (κ3) is 2.68. The van der Waals surface area contributed by atoms with Crippen LogP contribution in [0.2, 0.25) is 0 Å². The molecule has 2 N–H and O–H groups in total. The number of rotatable bonds is 3. The highest BCUT2D eigenvalue weighted by Crippen LogP contribution is 2.27. The average Bonchev–Trinajstić information content (AvgIpc) is 3.09. The lowest BCUT2D eigenvalue weighted by Crippen LogP contribution is -2.31. The van der Waals surface area contributed by atoms with E-state index in [-0.39, 0.29) is 12.4 Å². The van der Waals surface area contributed by atoms with Crippen LogP contribution in [0.4, 0.5) is 5.82 Å². The first kappa shape index (κ1) is 15.8. The summed E-state index contributed by atoms with van der Waals surface area (Å²) in [5.74, 6) is 0.641. The van der Waals surface area contributed by atoms with E-state index in [0.29, 0.717) is 11.8 Å². The minimum absolute atomic E-state index is 0. The van der Waals surface area contributed by atoms with Crippen LogP contribution in [0.1, 0.15) is 24.6 Å². The van der Waals surface area contributed by atoms with Crippen molar-refractivity contribution in [3.63, 3.8) is 0 Å². The van der Waals surface area contributed by atoms with Crippen LogP contribution in [0.25, 0.3) is 17.1 Å². The monoisotopic (exact) mass is 333 g/mol. The Kier molecular flexibility index (Phi) is 4.28. The Morgan fingerprint density at radius 1 is 1.30 bits per heavy atom. The number of aromatic nitrogens is 3. The number of para-hydroxylation sites is 2. The smallest absolute Gasteiger partial charge is 0.325 e. The van der Waals surface area contributed by atoms with Gasteiger partial charge >= 0.3 is 6.01 Å². The minimum atomic E-state index is 0. The van der Waals surface area contributed by atoms with Crippen LogP contribution >= 0.6 is 12.4 Å². The molecule has 0 fully saturated rings. The fourth-order valence-electron chi connectivity index (χ4n) is 3.05. The molecule has 0 bridgehead atoms. The Bertz CT molecular complexity index is 792. The second-order valence-corrected chi connectivity index (χ2v) is 5.71. The van der Waals surface area contributed by atoms with Crippen LogP contribution in [-0.4, -0.2) is 32.8 Å². The second kappa shape index (κ2) is 6.22. The summed E-state index contributed by atoms with van der Waals surface area (Å²) in [6, 6.07) is 8.13. The summed E-state index contributed by atoms with van der Waals surface area (Å²) >= 11 is 0. The van der Waals surface area contributed by atoms with Crippen molar-refractivity contribution in [2.45, 2.75) is 26.3 Å². The van der Waals surface area contributed by atoms with Crippen molar-refractivity contribution in [3.05, 3.63) is 35.5 Å². The van der Waals surface area contributed by atoms with E-state index in [4.69, 9.17) is 10.2 Å². The number of nitrogen functional groups attached to an aromatic ring is 1. The van der Waals surface area contributed by atoms with Gasteiger partial charge in [0.2, 0.25) is 0 Å². The van der Waals surface area contributed by atoms with E-state index in [1.807, 2.05) is 24.3 Å². The first-order valence-corrected chi connectivity index (χ1v) is 7.71. The number of halogens is 1. The fourth-order valence-corrected chi connectivity index (χ4v) is 3.05. The molecular formula is C16H20ClN5O. The van der Waals surface area contributed by atoms with E-state index in [1.54, 1.807) is 4.68 Å². The molecule has 0 radical (unpaired) electrons. The Hall–Kier alpha value is -2.05. The topological polar surface area (TPSA) is 73.1 Å². The van der Waals surface area contributed by atoms with Gasteiger partial charge in [-0.2, -0.15) is 14.8 Å². The third-order valence-corrected chi connectivity index (χ3v) is 4.16. The molecule has 0 saturated heterocycles. The molecule has 3 aromatic rings. The van der Waals surface area contributed by atoms with Gasteiger partial charge in [-0.3, -0.25) is 4.90 Å². The zero-order valence-electron chi connectivity index (χ0n) is 13.0. The van der Waals surface area contributed by atoms with Crippen LogP contribution in [0.5, 0.6) is 0 Å². The highest BCUT2D eigenvalue weighted by molar-refractivity contribution is 5.85. The van der Waals surface area contributed by atoms with Crippen LogP contribution in [-0.2, 0) is 13.0 Å². The predicted octanol–water partition coefficient (Wildman–Crippen LogP) is 2.79. The maximum atomic E-state index is 6.31. The lowest BCUT2D eigenvalue weighted by atomic mass is 10.1. The molecule has 4 rings (SSSR count). The molecule has 0 saturated carbocycles. The highest BCUT2D eigenvalue weighted by atomic mass is 35.5. The Labute approximate surface area is 140 Å². The molecule has 23 heavy (non-hydrogen) atoms. The summed E-state index contributed by atoms with van der Waals surface area (Å²) in [6.07, 6.45) is 2.07. The zero-order valence-corrected chi connectivity index (χ0v) is 13.8. The van der Waals surface area contributed by atoms with Gasteiger partial charge in [-0.1, -0.05) is 19.1 Å². The number of benzene rings is 1. The number of nitrogens with zero attached hydrogens (tertiary/aromatic N) is 4. The predicted molar refractivity (Wildman–Crippen MR) is 92.1 cm³/mol. The van der Waals surface area contributed by atoms with Gasteiger partial charge in [0, 0.05) is 25.1 Å². The van der Waals surface area contributed by atoms with Crippen molar-refractivity contribution < 1.29 is 4.42 Å². The quantitative estimate of drug-likeness (QED) is 0.797. The summed E-state index contributed by atoms with van der Waals surface area (Å²) in [6.45, 7) is 5.17. The second-order valence-electron chi connectivity index (χ2n) is 5.71. The van der Waals surface area contributed by atoms with E-state index in [0.717, 1.165) is 54.8 Å². The number of fused-ring (bicyclic) bond motifs is 2. The molecule has 7 heteroatoms. The van der Waals surface area contributed by atoms with Gasteiger partial charge in [-0.25, -0.2) is 0 Å². The van der Waals surface area contributed by atoms with E-state index < -0.39 is 0 Å². The average molecular weight is 334 g/mol. The van der Waals surface area contributed by atoms with E-state index >= 15 is 0 Å². The van der Waals surface area contributed by atoms with Gasteiger partial charge in [0.25, 0.3) is 0 Å². The van der Waals surface area contributed by atoms with Crippen molar-refractivity contribution in [3.8, 4) is 6.01 Å². The normalized spacial score (nSPS) is 14.7. The SMILES string of the molecule is CCCN1CCc2nn(-c3nc4ccccc4o3)c(N)c2C1.Cl. The number of anilines is 1. The van der Waals surface area contributed by atoms with Crippen molar-refractivity contribution >= 4 is 29.3 Å². The molecule has 0 atom stereocenters. The maximum absolute atomic E-state index is 6.31. The lowest BCUT2D eigenvalue weighted by molar-refractivity contribution is 0.254. The van der Waals surface area contributed by atoms with Crippen LogP contribution in [0, 0.1) is 0 Å². The number of oxazole rings is 1. The molecule has 1 aromatic carbocycles. The van der Waals surface area contributed by atoms with E-state index in [9.17, 15) is 0 Å². The van der Waals surface area contributed by atoms with E-state index in [1.165, 1.54) is 0 Å². The molecule has 122 valence electrons. The largest absolute Gasteiger partial charge is 0.422 e. The van der Waals surface area contributed by atoms with Gasteiger partial charge in [-0.05, 0) is 25.1 Å². The number of hydrogen-bond acceptors (Lipinski definition) is 5. The number of nitrogens with two attached hydrogens (primary N) is 1. The Morgan fingerprint density at radius 2 is 2.13 bits per heavy atom. The summed E-state index contributed by atoms with van der Waals surface area (Å²) in [5, 5.41) is 4.62. The lowest BCUT2D eigenvalue weighted by Gasteiger charge is -2.25. The van der Waals surface area contributed by atoms with Gasteiger partial charge in [0.1, 0.15) is 11.3 Å². The molecule has 0 spiro atoms. The molecule has 0 aliphatic carbocycles. The summed E-state index contributed by atoms with van der Waals surface area (Å²) in [4.78, 5) is 6.90. The Balaban J connectivity index is 0.00000156. The first-order valence-electron chi connectivity index (χ1n) is 7.71. The minimum Gasteiger partial charge on any atom is -0.422 e. The molecule has 6 nitrogen and oxygen atoms in total. The third-order valence-electron chi connectivity index (χ3n) is 4.16. The van der Waals surface area contributed by atoms with Gasteiger partial charge in [0.15, 0.2) is 5.58 Å². The standard InChI is InChI=1S/C16H19N5O.ClH/c1-2-8-20-9-7-12-11(10-20)15(17)21(19-12)16-18-13-5-3-4-6-14(13)22-16;/h3-6H,2,7-10,17H2,1H3;1H. The van der Waals surface area contributed by atoms with Gasteiger partial charge in [-0.15, -0.1) is 12.4 Å².